The van der Waals surface area contributed by atoms with Crippen molar-refractivity contribution in [1.82, 2.24) is 5.32 Å². The molecule has 1 atom stereocenters. The predicted octanol–water partition coefficient (Wildman–Crippen LogP) is 2.00. The van der Waals surface area contributed by atoms with E-state index in [0.29, 0.717) is 0 Å². The van der Waals surface area contributed by atoms with E-state index in [0.717, 1.165) is 26.1 Å². The van der Waals surface area contributed by atoms with Crippen molar-refractivity contribution in [1.29, 1.82) is 0 Å². The van der Waals surface area contributed by atoms with Gasteiger partial charge in [0.25, 0.3) is 0 Å². The van der Waals surface area contributed by atoms with E-state index in [1.807, 2.05) is 6.92 Å². The van der Waals surface area contributed by atoms with Gasteiger partial charge in [0.15, 0.2) is 0 Å². The first kappa shape index (κ1) is 14.0. The van der Waals surface area contributed by atoms with Crippen LogP contribution in [0.25, 0.3) is 0 Å². The van der Waals surface area contributed by atoms with Gasteiger partial charge in [-0.2, -0.15) is 0 Å². The third-order valence-electron chi connectivity index (χ3n) is 2.85. The van der Waals surface area contributed by atoms with Gasteiger partial charge in [0.2, 0.25) is 0 Å². The zero-order valence-corrected chi connectivity index (χ0v) is 11.1. The molecule has 2 N–H and O–H groups in total. The summed E-state index contributed by atoms with van der Waals surface area (Å²) >= 11 is 0. The summed E-state index contributed by atoms with van der Waals surface area (Å²) in [6.45, 7) is 6.69. The molecule has 0 saturated heterocycles. The molecule has 0 aliphatic carbocycles. The Bertz CT molecular complexity index is 326. The van der Waals surface area contributed by atoms with Crippen molar-refractivity contribution < 1.29 is 5.11 Å². The van der Waals surface area contributed by atoms with Gasteiger partial charge >= 0.3 is 0 Å². The number of hydrogen-bond acceptors (Lipinski definition) is 3. The van der Waals surface area contributed by atoms with Crippen LogP contribution < -0.4 is 10.2 Å². The van der Waals surface area contributed by atoms with Crippen LogP contribution in [0.3, 0.4) is 0 Å². The molecule has 1 rings (SSSR count). The normalized spacial score (nSPS) is 12.5. The highest BCUT2D eigenvalue weighted by Crippen LogP contribution is 2.19. The van der Waals surface area contributed by atoms with E-state index in [9.17, 15) is 5.11 Å². The van der Waals surface area contributed by atoms with Gasteiger partial charge < -0.3 is 15.3 Å². The molecule has 0 aromatic heterocycles. The zero-order chi connectivity index (χ0) is 12.7. The molecule has 1 aromatic rings. The molecule has 0 saturated carbocycles. The van der Waals surface area contributed by atoms with Crippen LogP contribution in [0.1, 0.15) is 25.8 Å². The average Bonchev–Trinajstić information content (AvgIpc) is 2.33. The van der Waals surface area contributed by atoms with Crippen molar-refractivity contribution >= 4 is 5.69 Å². The Balaban J connectivity index is 2.67. The molecule has 1 unspecified atom stereocenters. The number of para-hydroxylation sites is 1. The van der Waals surface area contributed by atoms with Gasteiger partial charge in [-0.25, -0.2) is 0 Å². The molecule has 0 fully saturated rings. The van der Waals surface area contributed by atoms with E-state index < -0.39 is 0 Å². The fraction of sp³-hybridized carbons (Fsp3) is 0.571. The molecule has 0 aliphatic heterocycles. The lowest BCUT2D eigenvalue weighted by atomic mass is 10.1. The second-order valence-corrected chi connectivity index (χ2v) is 4.47. The van der Waals surface area contributed by atoms with E-state index >= 15 is 0 Å². The van der Waals surface area contributed by atoms with Crippen LogP contribution in [-0.4, -0.2) is 31.3 Å². The smallest absolute Gasteiger partial charge is 0.0528 e. The van der Waals surface area contributed by atoms with Gasteiger partial charge in [0, 0.05) is 25.8 Å². The van der Waals surface area contributed by atoms with Crippen LogP contribution in [0, 0.1) is 0 Å². The summed E-state index contributed by atoms with van der Waals surface area (Å²) in [7, 11) is 2.08. The number of hydrogen-bond donors (Lipinski definition) is 2. The molecule has 0 heterocycles. The summed E-state index contributed by atoms with van der Waals surface area (Å²) in [4.78, 5) is 2.21. The fourth-order valence-corrected chi connectivity index (χ4v) is 1.79. The Hall–Kier alpha value is -1.06. The van der Waals surface area contributed by atoms with Gasteiger partial charge in [0.1, 0.15) is 0 Å². The first-order valence-corrected chi connectivity index (χ1v) is 6.33. The molecule has 1 aromatic carbocycles. The number of anilines is 1. The topological polar surface area (TPSA) is 35.5 Å². The van der Waals surface area contributed by atoms with Crippen molar-refractivity contribution in [2.45, 2.75) is 32.9 Å². The first-order chi connectivity index (χ1) is 8.15. The molecule has 3 heteroatoms. The van der Waals surface area contributed by atoms with Gasteiger partial charge in [0.05, 0.1) is 6.10 Å². The standard InChI is InChI=1S/C14H24N2O/c1-4-15-11-13-7-5-6-8-14(13)16(3)10-9-12(2)17/h5-8,12,15,17H,4,9-11H2,1-3H3. The number of benzene rings is 1. The third-order valence-corrected chi connectivity index (χ3v) is 2.85. The monoisotopic (exact) mass is 236 g/mol. The van der Waals surface area contributed by atoms with Crippen LogP contribution in [0.4, 0.5) is 5.69 Å². The molecule has 3 nitrogen and oxygen atoms in total. The highest BCUT2D eigenvalue weighted by atomic mass is 16.3. The molecule has 96 valence electrons. The fourth-order valence-electron chi connectivity index (χ4n) is 1.79. The second kappa shape index (κ2) is 7.30. The summed E-state index contributed by atoms with van der Waals surface area (Å²) in [6.07, 6.45) is 0.560. The maximum atomic E-state index is 9.32. The zero-order valence-electron chi connectivity index (χ0n) is 11.1. The maximum absolute atomic E-state index is 9.32. The summed E-state index contributed by atoms with van der Waals surface area (Å²) < 4.78 is 0. The lowest BCUT2D eigenvalue weighted by molar-refractivity contribution is 0.187. The minimum atomic E-state index is -0.238. The Morgan fingerprint density at radius 3 is 2.71 bits per heavy atom. The molecule has 17 heavy (non-hydrogen) atoms. The van der Waals surface area contributed by atoms with Crippen molar-refractivity contribution in [3.8, 4) is 0 Å². The summed E-state index contributed by atoms with van der Waals surface area (Å²) in [5.41, 5.74) is 2.55. The number of aliphatic hydroxyl groups excluding tert-OH is 1. The van der Waals surface area contributed by atoms with Crippen molar-refractivity contribution in [2.24, 2.45) is 0 Å². The van der Waals surface area contributed by atoms with Gasteiger partial charge in [-0.15, -0.1) is 0 Å². The van der Waals surface area contributed by atoms with Gasteiger partial charge in [-0.05, 0) is 31.5 Å². The lowest BCUT2D eigenvalue weighted by Crippen LogP contribution is -2.24. The van der Waals surface area contributed by atoms with Crippen molar-refractivity contribution in [2.75, 3.05) is 25.0 Å². The number of aliphatic hydroxyl groups is 1. The van der Waals surface area contributed by atoms with E-state index in [4.69, 9.17) is 0 Å². The second-order valence-electron chi connectivity index (χ2n) is 4.47. The Kier molecular flexibility index (Phi) is 6.01. The van der Waals surface area contributed by atoms with Crippen LogP contribution >= 0.6 is 0 Å². The highest BCUT2D eigenvalue weighted by molar-refractivity contribution is 5.52. The Labute approximate surface area is 104 Å². The molecule has 0 aliphatic rings. The largest absolute Gasteiger partial charge is 0.393 e. The predicted molar refractivity (Wildman–Crippen MR) is 73.4 cm³/mol. The molecule has 0 amide bonds. The molecule has 0 radical (unpaired) electrons. The third kappa shape index (κ3) is 4.75. The van der Waals surface area contributed by atoms with E-state index in [2.05, 4.69) is 48.5 Å². The minimum absolute atomic E-state index is 0.238. The van der Waals surface area contributed by atoms with Crippen LogP contribution in [0.5, 0.6) is 0 Å². The molecular weight excluding hydrogens is 212 g/mol. The lowest BCUT2D eigenvalue weighted by Gasteiger charge is -2.23. The van der Waals surface area contributed by atoms with E-state index in [1.54, 1.807) is 0 Å². The Morgan fingerprint density at radius 1 is 1.35 bits per heavy atom. The van der Waals surface area contributed by atoms with Crippen LogP contribution in [0.15, 0.2) is 24.3 Å². The van der Waals surface area contributed by atoms with Crippen LogP contribution in [-0.2, 0) is 6.54 Å². The van der Waals surface area contributed by atoms with Crippen molar-refractivity contribution in [3.63, 3.8) is 0 Å². The first-order valence-electron chi connectivity index (χ1n) is 6.33. The van der Waals surface area contributed by atoms with Gasteiger partial charge in [-0.3, -0.25) is 0 Å². The molecule has 0 bridgehead atoms. The minimum Gasteiger partial charge on any atom is -0.393 e. The van der Waals surface area contributed by atoms with E-state index in [-0.39, 0.29) is 6.10 Å². The summed E-state index contributed by atoms with van der Waals surface area (Å²) in [5.74, 6) is 0. The maximum Gasteiger partial charge on any atom is 0.0528 e. The van der Waals surface area contributed by atoms with Gasteiger partial charge in [-0.1, -0.05) is 25.1 Å². The number of nitrogens with zero attached hydrogens (tertiary/aromatic N) is 1. The Morgan fingerprint density at radius 2 is 2.06 bits per heavy atom. The summed E-state index contributed by atoms with van der Waals surface area (Å²) in [5, 5.41) is 12.7. The quantitative estimate of drug-likeness (QED) is 0.760. The number of nitrogens with one attached hydrogen (secondary N) is 1. The molecule has 0 spiro atoms. The SMILES string of the molecule is CCNCc1ccccc1N(C)CCC(C)O. The average molecular weight is 236 g/mol. The molecular formula is C14H24N2O. The highest BCUT2D eigenvalue weighted by Gasteiger charge is 2.07. The number of rotatable bonds is 7. The van der Waals surface area contributed by atoms with E-state index in [1.165, 1.54) is 11.3 Å². The van der Waals surface area contributed by atoms with Crippen molar-refractivity contribution in [3.05, 3.63) is 29.8 Å². The summed E-state index contributed by atoms with van der Waals surface area (Å²) in [6, 6.07) is 8.41. The van der Waals surface area contributed by atoms with Crippen LogP contribution in [0.2, 0.25) is 0 Å².